The van der Waals surface area contributed by atoms with E-state index < -0.39 is 24.0 Å². The predicted molar refractivity (Wildman–Crippen MR) is 73.8 cm³/mol. The highest BCUT2D eigenvalue weighted by atomic mass is 35.5. The van der Waals surface area contributed by atoms with Crippen molar-refractivity contribution >= 4 is 23.5 Å². The molecule has 0 saturated heterocycles. The molecule has 0 bridgehead atoms. The van der Waals surface area contributed by atoms with Crippen LogP contribution in [0.3, 0.4) is 0 Å². The van der Waals surface area contributed by atoms with Gasteiger partial charge in [0.25, 0.3) is 5.91 Å². The minimum Gasteiger partial charge on any atom is -0.481 e. The Bertz CT molecular complexity index is 516. The van der Waals surface area contributed by atoms with Gasteiger partial charge in [0.05, 0.1) is 0 Å². The van der Waals surface area contributed by atoms with Gasteiger partial charge >= 0.3 is 5.97 Å². The van der Waals surface area contributed by atoms with Crippen LogP contribution in [-0.4, -0.2) is 29.1 Å². The zero-order valence-corrected chi connectivity index (χ0v) is 11.8. The van der Waals surface area contributed by atoms with Crippen molar-refractivity contribution in [2.24, 2.45) is 5.92 Å². The van der Waals surface area contributed by atoms with Crippen molar-refractivity contribution in [1.82, 2.24) is 5.32 Å². The molecular weight excluding hydrogens is 282 g/mol. The average Bonchev–Trinajstić information content (AvgIpc) is 3.19. The third kappa shape index (κ3) is 3.87. The van der Waals surface area contributed by atoms with Crippen LogP contribution in [-0.2, 0) is 9.59 Å². The van der Waals surface area contributed by atoms with Crippen LogP contribution in [0.4, 0.5) is 0 Å². The highest BCUT2D eigenvalue weighted by molar-refractivity contribution is 6.30. The molecule has 0 heterocycles. The molecule has 2 atom stereocenters. The first-order valence-electron chi connectivity index (χ1n) is 6.43. The fourth-order valence-electron chi connectivity index (χ4n) is 1.88. The standard InChI is InChI=1S/C14H16ClNO4/c1-8(20-11-4-2-3-10(15)7-11)13(17)16-12(14(18)19)9-5-6-9/h2-4,7-9,12H,5-6H2,1H3,(H,16,17)(H,18,19). The first kappa shape index (κ1) is 14.7. The van der Waals surface area contributed by atoms with Crippen molar-refractivity contribution in [3.63, 3.8) is 0 Å². The minimum atomic E-state index is -1.00. The summed E-state index contributed by atoms with van der Waals surface area (Å²) in [5, 5.41) is 12.1. The van der Waals surface area contributed by atoms with E-state index in [2.05, 4.69) is 5.32 Å². The largest absolute Gasteiger partial charge is 0.481 e. The van der Waals surface area contributed by atoms with Gasteiger partial charge in [-0.15, -0.1) is 0 Å². The number of carbonyl (C=O) groups is 2. The van der Waals surface area contributed by atoms with Gasteiger partial charge in [-0.3, -0.25) is 4.79 Å². The summed E-state index contributed by atoms with van der Waals surface area (Å²) < 4.78 is 5.45. The van der Waals surface area contributed by atoms with Crippen molar-refractivity contribution in [2.75, 3.05) is 0 Å². The minimum absolute atomic E-state index is 0.0369. The summed E-state index contributed by atoms with van der Waals surface area (Å²) in [7, 11) is 0. The van der Waals surface area contributed by atoms with Crippen molar-refractivity contribution in [3.8, 4) is 5.75 Å². The van der Waals surface area contributed by atoms with E-state index in [0.29, 0.717) is 10.8 Å². The van der Waals surface area contributed by atoms with E-state index in [9.17, 15) is 9.59 Å². The summed E-state index contributed by atoms with van der Waals surface area (Å²) in [5.74, 6) is -0.937. The highest BCUT2D eigenvalue weighted by Crippen LogP contribution is 2.32. The fourth-order valence-corrected chi connectivity index (χ4v) is 2.06. The van der Waals surface area contributed by atoms with Crippen molar-refractivity contribution in [3.05, 3.63) is 29.3 Å². The van der Waals surface area contributed by atoms with Gasteiger partial charge in [-0.1, -0.05) is 17.7 Å². The van der Waals surface area contributed by atoms with Gasteiger partial charge in [0.2, 0.25) is 0 Å². The van der Waals surface area contributed by atoms with E-state index in [-0.39, 0.29) is 5.92 Å². The number of carbonyl (C=O) groups excluding carboxylic acids is 1. The van der Waals surface area contributed by atoms with Gasteiger partial charge < -0.3 is 15.2 Å². The first-order chi connectivity index (χ1) is 9.47. The molecule has 1 aromatic carbocycles. The second-order valence-electron chi connectivity index (χ2n) is 4.88. The molecule has 2 unspecified atom stereocenters. The Morgan fingerprint density at radius 1 is 1.45 bits per heavy atom. The number of amides is 1. The molecule has 5 nitrogen and oxygen atoms in total. The van der Waals surface area contributed by atoms with Crippen LogP contribution in [0.5, 0.6) is 5.75 Å². The van der Waals surface area contributed by atoms with Crippen LogP contribution < -0.4 is 10.1 Å². The number of halogens is 1. The Balaban J connectivity index is 1.92. The molecule has 1 amide bonds. The normalized spacial score (nSPS) is 17.1. The van der Waals surface area contributed by atoms with Crippen LogP contribution >= 0.6 is 11.6 Å². The molecule has 20 heavy (non-hydrogen) atoms. The predicted octanol–water partition coefficient (Wildman–Crippen LogP) is 2.09. The molecule has 1 aliphatic rings. The molecule has 0 spiro atoms. The lowest BCUT2D eigenvalue weighted by molar-refractivity contribution is -0.143. The second kappa shape index (κ2) is 6.13. The van der Waals surface area contributed by atoms with Crippen LogP contribution in [0, 0.1) is 5.92 Å². The lowest BCUT2D eigenvalue weighted by atomic mass is 10.2. The monoisotopic (exact) mass is 297 g/mol. The Labute approximate surface area is 121 Å². The second-order valence-corrected chi connectivity index (χ2v) is 5.32. The molecule has 2 rings (SSSR count). The number of rotatable bonds is 6. The Morgan fingerprint density at radius 3 is 2.70 bits per heavy atom. The number of hydrogen-bond acceptors (Lipinski definition) is 3. The highest BCUT2D eigenvalue weighted by Gasteiger charge is 2.38. The van der Waals surface area contributed by atoms with E-state index in [1.54, 1.807) is 31.2 Å². The van der Waals surface area contributed by atoms with Gasteiger partial charge in [-0.05, 0) is 43.9 Å². The Hall–Kier alpha value is -1.75. The fraction of sp³-hybridized carbons (Fsp3) is 0.429. The lowest BCUT2D eigenvalue weighted by Gasteiger charge is -2.18. The number of carboxylic acids is 1. The quantitative estimate of drug-likeness (QED) is 0.843. The van der Waals surface area contributed by atoms with Crippen LogP contribution in [0.2, 0.25) is 5.02 Å². The maximum Gasteiger partial charge on any atom is 0.326 e. The molecule has 108 valence electrons. The molecular formula is C14H16ClNO4. The molecule has 1 fully saturated rings. The Kier molecular flexibility index (Phi) is 4.49. The van der Waals surface area contributed by atoms with E-state index >= 15 is 0 Å². The summed E-state index contributed by atoms with van der Waals surface area (Å²) in [4.78, 5) is 23.0. The number of aliphatic carboxylic acids is 1. The van der Waals surface area contributed by atoms with Crippen molar-refractivity contribution in [1.29, 1.82) is 0 Å². The van der Waals surface area contributed by atoms with E-state index in [1.165, 1.54) is 0 Å². The van der Waals surface area contributed by atoms with Gasteiger partial charge in [0.1, 0.15) is 11.8 Å². The molecule has 1 saturated carbocycles. The van der Waals surface area contributed by atoms with E-state index in [4.69, 9.17) is 21.4 Å². The zero-order valence-electron chi connectivity index (χ0n) is 11.0. The summed E-state index contributed by atoms with van der Waals surface area (Å²) >= 11 is 5.83. The maximum atomic E-state index is 11.9. The smallest absolute Gasteiger partial charge is 0.326 e. The molecule has 0 aliphatic heterocycles. The van der Waals surface area contributed by atoms with Crippen molar-refractivity contribution in [2.45, 2.75) is 31.9 Å². The zero-order chi connectivity index (χ0) is 14.7. The van der Waals surface area contributed by atoms with Gasteiger partial charge in [0, 0.05) is 5.02 Å². The molecule has 0 aromatic heterocycles. The van der Waals surface area contributed by atoms with E-state index in [1.807, 2.05) is 0 Å². The van der Waals surface area contributed by atoms with Crippen LogP contribution in [0.1, 0.15) is 19.8 Å². The summed E-state index contributed by atoms with van der Waals surface area (Å²) in [6, 6.07) is 5.87. The summed E-state index contributed by atoms with van der Waals surface area (Å²) in [5.41, 5.74) is 0. The molecule has 1 aliphatic carbocycles. The summed E-state index contributed by atoms with van der Waals surface area (Å²) in [6.07, 6.45) is 0.885. The number of hydrogen-bond donors (Lipinski definition) is 2. The molecule has 1 aromatic rings. The maximum absolute atomic E-state index is 11.9. The first-order valence-corrected chi connectivity index (χ1v) is 6.80. The molecule has 2 N–H and O–H groups in total. The van der Waals surface area contributed by atoms with Crippen LogP contribution in [0.15, 0.2) is 24.3 Å². The van der Waals surface area contributed by atoms with E-state index in [0.717, 1.165) is 12.8 Å². The lowest BCUT2D eigenvalue weighted by Crippen LogP contribution is -2.47. The van der Waals surface area contributed by atoms with Gasteiger partial charge in [-0.2, -0.15) is 0 Å². The SMILES string of the molecule is CC(Oc1cccc(Cl)c1)C(=O)NC(C(=O)O)C1CC1. The topological polar surface area (TPSA) is 75.6 Å². The summed E-state index contributed by atoms with van der Waals surface area (Å²) in [6.45, 7) is 1.57. The number of benzene rings is 1. The van der Waals surface area contributed by atoms with Crippen LogP contribution in [0.25, 0.3) is 0 Å². The number of nitrogens with one attached hydrogen (secondary N) is 1. The molecule has 6 heteroatoms. The van der Waals surface area contributed by atoms with Gasteiger partial charge in [-0.25, -0.2) is 4.79 Å². The number of carboxylic acid groups (broad SMARTS) is 1. The number of ether oxygens (including phenoxy) is 1. The third-order valence-corrected chi connectivity index (χ3v) is 3.37. The van der Waals surface area contributed by atoms with Gasteiger partial charge in [0.15, 0.2) is 6.10 Å². The van der Waals surface area contributed by atoms with Crippen molar-refractivity contribution < 1.29 is 19.4 Å². The third-order valence-electron chi connectivity index (χ3n) is 3.14. The average molecular weight is 298 g/mol. The Morgan fingerprint density at radius 2 is 2.15 bits per heavy atom. The molecule has 0 radical (unpaired) electrons.